The maximum Gasteiger partial charge on any atom is 0.0991 e. The predicted molar refractivity (Wildman–Crippen MR) is 97.9 cm³/mol. The minimum Gasteiger partial charge on any atom is -0.371 e. The average Bonchev–Trinajstić information content (AvgIpc) is 3.11. The molecular weight excluding hydrogens is 302 g/mol. The van der Waals surface area contributed by atoms with Crippen LogP contribution in [0.2, 0.25) is 0 Å². The minimum absolute atomic E-state index is 0.719. The highest BCUT2D eigenvalue weighted by Crippen LogP contribution is 2.17. The average molecular weight is 327 g/mol. The predicted octanol–water partition coefficient (Wildman–Crippen LogP) is 5.03. The van der Waals surface area contributed by atoms with Gasteiger partial charge >= 0.3 is 0 Å². The molecule has 0 saturated carbocycles. The number of unbranched alkanes of at least 4 members (excludes halogenated alkanes) is 4. The molecule has 0 fully saturated rings. The molecule has 3 nitrogen and oxygen atoms in total. The molecule has 0 N–H and O–H groups in total. The molecule has 4 heteroatoms. The third-order valence-electron chi connectivity index (χ3n) is 4.01. The summed E-state index contributed by atoms with van der Waals surface area (Å²) in [5.41, 5.74) is 4.98. The van der Waals surface area contributed by atoms with Crippen molar-refractivity contribution in [1.82, 2.24) is 4.98 Å². The zero-order valence-corrected chi connectivity index (χ0v) is 14.7. The maximum absolute atomic E-state index is 8.95. The van der Waals surface area contributed by atoms with Gasteiger partial charge in [-0.05, 0) is 30.7 Å². The fourth-order valence-electron chi connectivity index (χ4n) is 2.63. The first-order chi connectivity index (χ1) is 11.3. The number of hydrogen-bond donors (Lipinski definition) is 0. The van der Waals surface area contributed by atoms with E-state index in [1.54, 1.807) is 11.3 Å². The van der Waals surface area contributed by atoms with Crippen molar-refractivity contribution in [3.63, 3.8) is 0 Å². The Bertz CT molecular complexity index is 584. The Hall–Kier alpha value is -1.86. The van der Waals surface area contributed by atoms with Gasteiger partial charge in [-0.1, -0.05) is 32.6 Å². The van der Waals surface area contributed by atoms with Crippen molar-refractivity contribution >= 4 is 17.0 Å². The first-order valence-corrected chi connectivity index (χ1v) is 9.40. The summed E-state index contributed by atoms with van der Waals surface area (Å²) < 4.78 is 0. The summed E-state index contributed by atoms with van der Waals surface area (Å²) in [6.07, 6.45) is 7.41. The lowest BCUT2D eigenvalue weighted by molar-refractivity contribution is 0.616. The molecule has 0 spiro atoms. The van der Waals surface area contributed by atoms with Gasteiger partial charge in [0.25, 0.3) is 0 Å². The van der Waals surface area contributed by atoms with E-state index < -0.39 is 0 Å². The van der Waals surface area contributed by atoms with E-state index in [9.17, 15) is 0 Å². The lowest BCUT2D eigenvalue weighted by Gasteiger charge is -2.24. The lowest BCUT2D eigenvalue weighted by Crippen LogP contribution is -2.27. The van der Waals surface area contributed by atoms with E-state index in [2.05, 4.69) is 40.4 Å². The van der Waals surface area contributed by atoms with E-state index in [0.29, 0.717) is 0 Å². The van der Waals surface area contributed by atoms with Crippen LogP contribution in [-0.2, 0) is 6.42 Å². The molecular formula is C19H25N3S. The second kappa shape index (κ2) is 10.0. The van der Waals surface area contributed by atoms with Crippen molar-refractivity contribution < 1.29 is 0 Å². The van der Waals surface area contributed by atoms with Crippen LogP contribution < -0.4 is 4.90 Å². The second-order valence-corrected chi connectivity index (χ2v) is 6.51. The van der Waals surface area contributed by atoms with Crippen LogP contribution in [0, 0.1) is 11.3 Å². The van der Waals surface area contributed by atoms with E-state index in [-0.39, 0.29) is 0 Å². The van der Waals surface area contributed by atoms with Crippen molar-refractivity contribution in [2.24, 2.45) is 0 Å². The Morgan fingerprint density at radius 3 is 2.52 bits per heavy atom. The van der Waals surface area contributed by atoms with Crippen LogP contribution in [0.15, 0.2) is 35.2 Å². The number of benzene rings is 1. The van der Waals surface area contributed by atoms with Gasteiger partial charge in [-0.3, -0.25) is 0 Å². The summed E-state index contributed by atoms with van der Waals surface area (Å²) in [7, 11) is 0. The molecule has 0 amide bonds. The SMILES string of the molecule is CCCCCCCN(CCc1cscn1)c1ccc(C#N)cc1. The smallest absolute Gasteiger partial charge is 0.0991 e. The molecule has 0 aliphatic rings. The third-order valence-corrected chi connectivity index (χ3v) is 4.65. The van der Waals surface area contributed by atoms with Crippen molar-refractivity contribution in [3.8, 4) is 6.07 Å². The molecule has 0 unspecified atom stereocenters. The fraction of sp³-hybridized carbons (Fsp3) is 0.474. The molecule has 0 aliphatic heterocycles. The summed E-state index contributed by atoms with van der Waals surface area (Å²) in [6.45, 7) is 4.29. The number of thiazole rings is 1. The first kappa shape index (κ1) is 17.5. The highest BCUT2D eigenvalue weighted by Gasteiger charge is 2.08. The Balaban J connectivity index is 1.93. The summed E-state index contributed by atoms with van der Waals surface area (Å²) in [5, 5.41) is 11.1. The molecule has 0 bridgehead atoms. The number of nitriles is 1. The molecule has 122 valence electrons. The summed E-state index contributed by atoms with van der Waals surface area (Å²) in [5.74, 6) is 0. The zero-order valence-electron chi connectivity index (χ0n) is 13.9. The number of nitrogens with zero attached hydrogens (tertiary/aromatic N) is 3. The standard InChI is InChI=1S/C19H25N3S/c1-2-3-4-5-6-12-22(13-11-18-15-23-16-21-18)19-9-7-17(14-20)8-10-19/h7-10,15-16H,2-6,11-13H2,1H3. The highest BCUT2D eigenvalue weighted by molar-refractivity contribution is 7.07. The van der Waals surface area contributed by atoms with Crippen LogP contribution in [0.1, 0.15) is 50.3 Å². The Labute approximate surface area is 143 Å². The summed E-state index contributed by atoms with van der Waals surface area (Å²) in [6, 6.07) is 10.1. The Kier molecular flexibility index (Phi) is 7.62. The Morgan fingerprint density at radius 1 is 1.09 bits per heavy atom. The molecule has 2 aromatic rings. The van der Waals surface area contributed by atoms with Gasteiger partial charge in [-0.25, -0.2) is 4.98 Å². The van der Waals surface area contributed by atoms with Crippen LogP contribution in [0.4, 0.5) is 5.69 Å². The van der Waals surface area contributed by atoms with E-state index in [1.807, 2.05) is 17.6 Å². The molecule has 0 aliphatic carbocycles. The van der Waals surface area contributed by atoms with E-state index in [1.165, 1.54) is 43.5 Å². The zero-order chi connectivity index (χ0) is 16.3. The summed E-state index contributed by atoms with van der Waals surface area (Å²) in [4.78, 5) is 6.80. The topological polar surface area (TPSA) is 39.9 Å². The maximum atomic E-state index is 8.95. The molecule has 23 heavy (non-hydrogen) atoms. The Morgan fingerprint density at radius 2 is 1.87 bits per heavy atom. The van der Waals surface area contributed by atoms with E-state index in [4.69, 9.17) is 5.26 Å². The highest BCUT2D eigenvalue weighted by atomic mass is 32.1. The lowest BCUT2D eigenvalue weighted by atomic mass is 10.1. The molecule has 2 rings (SSSR count). The monoisotopic (exact) mass is 327 g/mol. The largest absolute Gasteiger partial charge is 0.371 e. The van der Waals surface area contributed by atoms with Crippen molar-refractivity contribution in [2.45, 2.75) is 45.4 Å². The fourth-order valence-corrected chi connectivity index (χ4v) is 3.23. The van der Waals surface area contributed by atoms with Gasteiger partial charge in [0.15, 0.2) is 0 Å². The van der Waals surface area contributed by atoms with Gasteiger partial charge in [0.2, 0.25) is 0 Å². The molecule has 0 radical (unpaired) electrons. The second-order valence-electron chi connectivity index (χ2n) is 5.79. The van der Waals surface area contributed by atoms with Crippen molar-refractivity contribution in [3.05, 3.63) is 46.4 Å². The number of rotatable bonds is 10. The van der Waals surface area contributed by atoms with Gasteiger partial charge in [-0.2, -0.15) is 5.26 Å². The number of aromatic nitrogens is 1. The molecule has 1 aromatic carbocycles. The van der Waals surface area contributed by atoms with Crippen LogP contribution in [0.3, 0.4) is 0 Å². The molecule has 0 saturated heterocycles. The first-order valence-electron chi connectivity index (χ1n) is 8.45. The van der Waals surface area contributed by atoms with Crippen molar-refractivity contribution in [2.75, 3.05) is 18.0 Å². The van der Waals surface area contributed by atoms with E-state index >= 15 is 0 Å². The van der Waals surface area contributed by atoms with Gasteiger partial charge in [0.05, 0.1) is 22.8 Å². The quantitative estimate of drug-likeness (QED) is 0.574. The van der Waals surface area contributed by atoms with Crippen molar-refractivity contribution in [1.29, 1.82) is 5.26 Å². The van der Waals surface area contributed by atoms with Gasteiger partial charge < -0.3 is 4.90 Å². The molecule has 1 aromatic heterocycles. The van der Waals surface area contributed by atoms with Crippen LogP contribution >= 0.6 is 11.3 Å². The normalized spacial score (nSPS) is 10.4. The molecule has 0 atom stereocenters. The van der Waals surface area contributed by atoms with Crippen LogP contribution in [-0.4, -0.2) is 18.1 Å². The van der Waals surface area contributed by atoms with Gasteiger partial charge in [0.1, 0.15) is 0 Å². The molecule has 1 heterocycles. The summed E-state index contributed by atoms with van der Waals surface area (Å²) >= 11 is 1.65. The third kappa shape index (κ3) is 6.03. The van der Waals surface area contributed by atoms with Crippen LogP contribution in [0.5, 0.6) is 0 Å². The van der Waals surface area contributed by atoms with E-state index in [0.717, 1.165) is 25.1 Å². The number of hydrogen-bond acceptors (Lipinski definition) is 4. The van der Waals surface area contributed by atoms with Gasteiger partial charge in [-0.15, -0.1) is 11.3 Å². The minimum atomic E-state index is 0.719. The van der Waals surface area contributed by atoms with Crippen LogP contribution in [0.25, 0.3) is 0 Å². The number of anilines is 1. The van der Waals surface area contributed by atoms with Gasteiger partial charge in [0, 0.05) is 30.6 Å².